The van der Waals surface area contributed by atoms with Crippen molar-refractivity contribution in [2.75, 3.05) is 36.4 Å². The number of piperazine rings is 1. The van der Waals surface area contributed by atoms with E-state index in [1.807, 2.05) is 30.3 Å². The average Bonchev–Trinajstić information content (AvgIpc) is 2.81. The molecule has 0 aromatic heterocycles. The van der Waals surface area contributed by atoms with Crippen molar-refractivity contribution in [2.24, 2.45) is 0 Å². The second-order valence-corrected chi connectivity index (χ2v) is 9.70. The van der Waals surface area contributed by atoms with Gasteiger partial charge in [-0.1, -0.05) is 29.8 Å². The summed E-state index contributed by atoms with van der Waals surface area (Å²) in [4.78, 5) is 14.6. The lowest BCUT2D eigenvalue weighted by Crippen LogP contribution is -2.48. The van der Waals surface area contributed by atoms with Gasteiger partial charge in [0.15, 0.2) is 0 Å². The molecule has 0 spiro atoms. The predicted molar refractivity (Wildman–Crippen MR) is 123 cm³/mol. The van der Waals surface area contributed by atoms with Crippen LogP contribution >= 0.6 is 11.6 Å². The van der Waals surface area contributed by atoms with E-state index >= 15 is 0 Å². The van der Waals surface area contributed by atoms with Gasteiger partial charge in [-0.15, -0.1) is 0 Å². The van der Waals surface area contributed by atoms with Crippen molar-refractivity contribution in [3.63, 3.8) is 0 Å². The van der Waals surface area contributed by atoms with Gasteiger partial charge < -0.3 is 10.2 Å². The number of rotatable bonds is 5. The first-order valence-electron chi connectivity index (χ1n) is 10.0. The highest BCUT2D eigenvalue weighted by Crippen LogP contribution is 2.23. The predicted octanol–water partition coefficient (Wildman–Crippen LogP) is 4.24. The van der Waals surface area contributed by atoms with Gasteiger partial charge in [0, 0.05) is 42.6 Å². The molecule has 1 N–H and O–H groups in total. The van der Waals surface area contributed by atoms with Gasteiger partial charge >= 0.3 is 0 Å². The molecule has 0 aliphatic carbocycles. The molecule has 0 saturated carbocycles. The summed E-state index contributed by atoms with van der Waals surface area (Å²) in [7, 11) is -3.88. The third-order valence-corrected chi connectivity index (χ3v) is 7.43. The number of hydrogen-bond donors (Lipinski definition) is 1. The van der Waals surface area contributed by atoms with Crippen LogP contribution in [0.25, 0.3) is 0 Å². The smallest absolute Gasteiger partial charge is 0.258 e. The van der Waals surface area contributed by atoms with Crippen LogP contribution in [0.3, 0.4) is 0 Å². The van der Waals surface area contributed by atoms with Crippen molar-refractivity contribution in [3.05, 3.63) is 89.2 Å². The fourth-order valence-corrected chi connectivity index (χ4v) is 5.12. The zero-order valence-electron chi connectivity index (χ0n) is 17.0. The van der Waals surface area contributed by atoms with Gasteiger partial charge in [0.2, 0.25) is 10.0 Å². The maximum absolute atomic E-state index is 14.4. The number of nitrogens with zero attached hydrogens (tertiary/aromatic N) is 2. The average molecular weight is 474 g/mol. The van der Waals surface area contributed by atoms with Crippen molar-refractivity contribution < 1.29 is 17.6 Å². The Morgan fingerprint density at radius 1 is 0.906 bits per heavy atom. The SMILES string of the molecule is O=C(Nc1ccc(Cl)cc1)c1cc(S(=O)(=O)N2CCN(c3ccccc3)CC2)ccc1F. The molecule has 3 aromatic rings. The monoisotopic (exact) mass is 473 g/mol. The van der Waals surface area contributed by atoms with Gasteiger partial charge in [0.1, 0.15) is 5.82 Å². The number of amides is 1. The molecule has 3 aromatic carbocycles. The molecular weight excluding hydrogens is 453 g/mol. The first-order chi connectivity index (χ1) is 15.3. The van der Waals surface area contributed by atoms with Crippen LogP contribution in [0.5, 0.6) is 0 Å². The van der Waals surface area contributed by atoms with Crippen molar-refractivity contribution in [1.29, 1.82) is 0 Å². The highest BCUT2D eigenvalue weighted by Gasteiger charge is 2.29. The maximum atomic E-state index is 14.4. The first kappa shape index (κ1) is 22.3. The van der Waals surface area contributed by atoms with Gasteiger partial charge in [-0.25, -0.2) is 12.8 Å². The van der Waals surface area contributed by atoms with Crippen LogP contribution in [0.15, 0.2) is 77.7 Å². The third-order valence-electron chi connectivity index (χ3n) is 5.28. The van der Waals surface area contributed by atoms with Gasteiger partial charge in [-0.3, -0.25) is 4.79 Å². The molecule has 6 nitrogen and oxygen atoms in total. The zero-order valence-corrected chi connectivity index (χ0v) is 18.6. The molecular formula is C23H21ClFN3O3S. The van der Waals surface area contributed by atoms with E-state index in [-0.39, 0.29) is 10.5 Å². The van der Waals surface area contributed by atoms with Crippen LogP contribution in [0.4, 0.5) is 15.8 Å². The van der Waals surface area contributed by atoms with E-state index in [1.54, 1.807) is 24.3 Å². The minimum Gasteiger partial charge on any atom is -0.369 e. The number of carbonyl (C=O) groups excluding carboxylic acids is 1. The number of benzene rings is 3. The number of carbonyl (C=O) groups is 1. The summed E-state index contributed by atoms with van der Waals surface area (Å²) in [5.41, 5.74) is 1.11. The van der Waals surface area contributed by atoms with Gasteiger partial charge in [0.05, 0.1) is 10.5 Å². The molecule has 1 fully saturated rings. The van der Waals surface area contributed by atoms with E-state index in [4.69, 9.17) is 11.6 Å². The molecule has 166 valence electrons. The summed E-state index contributed by atoms with van der Waals surface area (Å²) in [6.45, 7) is 1.66. The minimum absolute atomic E-state index is 0.117. The molecule has 1 heterocycles. The molecule has 1 saturated heterocycles. The lowest BCUT2D eigenvalue weighted by atomic mass is 10.2. The maximum Gasteiger partial charge on any atom is 0.258 e. The molecule has 9 heteroatoms. The van der Waals surface area contributed by atoms with Crippen LogP contribution in [0.2, 0.25) is 5.02 Å². The van der Waals surface area contributed by atoms with E-state index in [0.717, 1.165) is 17.8 Å². The van der Waals surface area contributed by atoms with Gasteiger partial charge in [-0.2, -0.15) is 4.31 Å². The Bertz CT molecular complexity index is 1210. The van der Waals surface area contributed by atoms with Crippen LogP contribution in [-0.4, -0.2) is 44.8 Å². The van der Waals surface area contributed by atoms with E-state index in [0.29, 0.717) is 36.9 Å². The Morgan fingerprint density at radius 3 is 2.22 bits per heavy atom. The fraction of sp³-hybridized carbons (Fsp3) is 0.174. The molecule has 0 atom stereocenters. The Balaban J connectivity index is 1.50. The normalized spacial score (nSPS) is 14.9. The van der Waals surface area contributed by atoms with Crippen LogP contribution in [0, 0.1) is 5.82 Å². The standard InChI is InChI=1S/C23H21ClFN3O3S/c24-17-6-8-18(9-7-17)26-23(29)21-16-20(10-11-22(21)25)32(30,31)28-14-12-27(13-15-28)19-4-2-1-3-5-19/h1-11,16H,12-15H2,(H,26,29). The molecule has 1 aliphatic rings. The highest BCUT2D eigenvalue weighted by molar-refractivity contribution is 7.89. The van der Waals surface area contributed by atoms with Gasteiger partial charge in [0.25, 0.3) is 5.91 Å². The zero-order chi connectivity index (χ0) is 22.7. The van der Waals surface area contributed by atoms with E-state index in [2.05, 4.69) is 10.2 Å². The summed E-state index contributed by atoms with van der Waals surface area (Å²) in [6.07, 6.45) is 0. The van der Waals surface area contributed by atoms with Crippen molar-refractivity contribution in [3.8, 4) is 0 Å². The highest BCUT2D eigenvalue weighted by atomic mass is 35.5. The topological polar surface area (TPSA) is 69.7 Å². The van der Waals surface area contributed by atoms with Crippen LogP contribution in [-0.2, 0) is 10.0 Å². The minimum atomic E-state index is -3.88. The van der Waals surface area contributed by atoms with Crippen LogP contribution in [0.1, 0.15) is 10.4 Å². The number of nitrogens with one attached hydrogen (secondary N) is 1. The molecule has 1 amide bonds. The molecule has 1 aliphatic heterocycles. The number of anilines is 2. The summed E-state index contributed by atoms with van der Waals surface area (Å²) in [6, 6.07) is 19.4. The fourth-order valence-electron chi connectivity index (χ4n) is 3.55. The lowest BCUT2D eigenvalue weighted by molar-refractivity contribution is 0.102. The Labute approximate surface area is 191 Å². The second-order valence-electron chi connectivity index (χ2n) is 7.33. The van der Waals surface area contributed by atoms with Gasteiger partial charge in [-0.05, 0) is 54.6 Å². The summed E-state index contributed by atoms with van der Waals surface area (Å²) >= 11 is 5.83. The number of sulfonamides is 1. The second kappa shape index (κ2) is 9.28. The van der Waals surface area contributed by atoms with E-state index in [1.165, 1.54) is 10.4 Å². The first-order valence-corrected chi connectivity index (χ1v) is 11.8. The molecule has 32 heavy (non-hydrogen) atoms. The summed E-state index contributed by atoms with van der Waals surface area (Å²) in [5, 5.41) is 3.05. The van der Waals surface area contributed by atoms with Crippen molar-refractivity contribution in [1.82, 2.24) is 4.31 Å². The lowest BCUT2D eigenvalue weighted by Gasteiger charge is -2.35. The molecule has 0 unspecified atom stereocenters. The number of para-hydroxylation sites is 1. The Kier molecular flexibility index (Phi) is 6.45. The Hall–Kier alpha value is -2.94. The molecule has 0 radical (unpaired) electrons. The molecule has 0 bridgehead atoms. The van der Waals surface area contributed by atoms with E-state index < -0.39 is 21.7 Å². The summed E-state index contributed by atoms with van der Waals surface area (Å²) in [5.74, 6) is -1.54. The van der Waals surface area contributed by atoms with Crippen molar-refractivity contribution >= 4 is 38.9 Å². The Morgan fingerprint density at radius 2 is 1.56 bits per heavy atom. The van der Waals surface area contributed by atoms with Crippen LogP contribution < -0.4 is 10.2 Å². The summed E-state index contributed by atoms with van der Waals surface area (Å²) < 4.78 is 42.0. The largest absolute Gasteiger partial charge is 0.369 e. The molecule has 4 rings (SSSR count). The quantitative estimate of drug-likeness (QED) is 0.601. The third kappa shape index (κ3) is 4.77. The number of hydrogen-bond acceptors (Lipinski definition) is 4. The number of halogens is 2. The van der Waals surface area contributed by atoms with Crippen molar-refractivity contribution in [2.45, 2.75) is 4.90 Å². The van der Waals surface area contributed by atoms with E-state index in [9.17, 15) is 17.6 Å².